The van der Waals surface area contributed by atoms with E-state index in [-0.39, 0.29) is 28.7 Å². The topological polar surface area (TPSA) is 107 Å². The van der Waals surface area contributed by atoms with Gasteiger partial charge in [0.1, 0.15) is 16.3 Å². The molecule has 0 radical (unpaired) electrons. The van der Waals surface area contributed by atoms with Crippen LogP contribution in [-0.4, -0.2) is 32.6 Å². The monoisotopic (exact) mass is 439 g/mol. The maximum atomic E-state index is 12.5. The number of rotatable bonds is 8. The maximum absolute atomic E-state index is 12.5. The summed E-state index contributed by atoms with van der Waals surface area (Å²) >= 11 is 0. The first kappa shape index (κ1) is 22.0. The smallest absolute Gasteiger partial charge is 0.339 e. The molecule has 0 aliphatic heterocycles. The van der Waals surface area contributed by atoms with Gasteiger partial charge in [0.15, 0.2) is 5.75 Å². The van der Waals surface area contributed by atoms with Crippen molar-refractivity contribution in [3.63, 3.8) is 0 Å². The highest BCUT2D eigenvalue weighted by molar-refractivity contribution is 7.87. The summed E-state index contributed by atoms with van der Waals surface area (Å²) in [6.45, 7) is 1.86. The predicted octanol–water partition coefficient (Wildman–Crippen LogP) is 2.86. The zero-order valence-electron chi connectivity index (χ0n) is 17.0. The highest BCUT2D eigenvalue weighted by Crippen LogP contribution is 2.20. The molecule has 2 aromatic carbocycles. The summed E-state index contributed by atoms with van der Waals surface area (Å²) in [6.07, 6.45) is 2.79. The third-order valence-electron chi connectivity index (χ3n) is 4.18. The number of nitrogens with zero attached hydrogens (tertiary/aromatic N) is 2. The van der Waals surface area contributed by atoms with Crippen LogP contribution in [0.15, 0.2) is 76.9 Å². The fourth-order valence-electron chi connectivity index (χ4n) is 2.61. The highest BCUT2D eigenvalue weighted by atomic mass is 32.2. The lowest BCUT2D eigenvalue weighted by Crippen LogP contribution is -2.20. The van der Waals surface area contributed by atoms with E-state index < -0.39 is 10.1 Å². The average Bonchev–Trinajstić information content (AvgIpc) is 2.75. The molecule has 160 valence electrons. The van der Waals surface area contributed by atoms with Gasteiger partial charge in [-0.25, -0.2) is 5.43 Å². The van der Waals surface area contributed by atoms with Gasteiger partial charge in [-0.1, -0.05) is 29.8 Å². The number of pyridine rings is 1. The largest absolute Gasteiger partial charge is 0.497 e. The third kappa shape index (κ3) is 6.13. The molecule has 1 heterocycles. The van der Waals surface area contributed by atoms with Gasteiger partial charge in [0, 0.05) is 6.20 Å². The molecule has 0 saturated carbocycles. The lowest BCUT2D eigenvalue weighted by molar-refractivity contribution is -0.120. The molecular formula is C22H21N3O5S. The van der Waals surface area contributed by atoms with E-state index >= 15 is 0 Å². The van der Waals surface area contributed by atoms with Crippen molar-refractivity contribution in [2.45, 2.75) is 18.2 Å². The van der Waals surface area contributed by atoms with Crippen molar-refractivity contribution >= 4 is 22.2 Å². The van der Waals surface area contributed by atoms with E-state index in [0.717, 1.165) is 11.1 Å². The van der Waals surface area contributed by atoms with Gasteiger partial charge in [0.25, 0.3) is 0 Å². The molecule has 0 spiro atoms. The highest BCUT2D eigenvalue weighted by Gasteiger charge is 2.18. The van der Waals surface area contributed by atoms with E-state index in [0.29, 0.717) is 5.75 Å². The van der Waals surface area contributed by atoms with Crippen LogP contribution in [0.3, 0.4) is 0 Å². The van der Waals surface area contributed by atoms with Crippen molar-refractivity contribution in [3.8, 4) is 11.5 Å². The number of nitrogens with one attached hydrogen (secondary N) is 1. The zero-order chi connectivity index (χ0) is 22.3. The van der Waals surface area contributed by atoms with Crippen molar-refractivity contribution in [1.82, 2.24) is 10.4 Å². The molecule has 3 rings (SSSR count). The normalized spacial score (nSPS) is 11.3. The Morgan fingerprint density at radius 2 is 1.90 bits per heavy atom. The Morgan fingerprint density at radius 1 is 1.13 bits per heavy atom. The number of hydrazone groups is 1. The van der Waals surface area contributed by atoms with Crippen LogP contribution in [0.1, 0.15) is 16.8 Å². The molecule has 0 atom stereocenters. The Kier molecular flexibility index (Phi) is 6.99. The minimum Gasteiger partial charge on any atom is -0.497 e. The van der Waals surface area contributed by atoms with Crippen LogP contribution in [0, 0.1) is 6.92 Å². The molecular weight excluding hydrogens is 418 g/mol. The number of amides is 1. The van der Waals surface area contributed by atoms with E-state index in [1.807, 2.05) is 6.92 Å². The number of carbonyl (C=O) groups is 1. The minimum absolute atomic E-state index is 0.00568. The van der Waals surface area contributed by atoms with Gasteiger partial charge >= 0.3 is 10.1 Å². The van der Waals surface area contributed by atoms with E-state index in [4.69, 9.17) is 8.92 Å². The molecule has 9 heteroatoms. The Bertz CT molecular complexity index is 1190. The molecule has 0 unspecified atom stereocenters. The molecule has 31 heavy (non-hydrogen) atoms. The van der Waals surface area contributed by atoms with Crippen molar-refractivity contribution in [2.24, 2.45) is 5.10 Å². The summed E-state index contributed by atoms with van der Waals surface area (Å²) in [4.78, 5) is 16.2. The molecule has 0 saturated heterocycles. The van der Waals surface area contributed by atoms with Crippen LogP contribution >= 0.6 is 0 Å². The Balaban J connectivity index is 1.68. The predicted molar refractivity (Wildman–Crippen MR) is 116 cm³/mol. The van der Waals surface area contributed by atoms with Crippen molar-refractivity contribution in [1.29, 1.82) is 0 Å². The summed E-state index contributed by atoms with van der Waals surface area (Å²) in [5.74, 6) is 0.294. The average molecular weight is 439 g/mol. The molecule has 0 aliphatic carbocycles. The van der Waals surface area contributed by atoms with Gasteiger partial charge in [0.05, 0.1) is 19.7 Å². The van der Waals surface area contributed by atoms with Crippen LogP contribution in [0.5, 0.6) is 11.5 Å². The molecule has 0 bridgehead atoms. The molecule has 1 amide bonds. The molecule has 1 N–H and O–H groups in total. The van der Waals surface area contributed by atoms with Gasteiger partial charge in [-0.05, 0) is 48.9 Å². The molecule has 0 aliphatic rings. The van der Waals surface area contributed by atoms with Crippen LogP contribution < -0.4 is 14.3 Å². The fourth-order valence-corrected chi connectivity index (χ4v) is 3.56. The lowest BCUT2D eigenvalue weighted by atomic mass is 10.1. The maximum Gasteiger partial charge on any atom is 0.339 e. The number of methoxy groups -OCH3 is 1. The van der Waals surface area contributed by atoms with Crippen LogP contribution in [0.2, 0.25) is 0 Å². The summed E-state index contributed by atoms with van der Waals surface area (Å²) in [7, 11) is -2.49. The Labute approximate surface area is 180 Å². The Hall–Kier alpha value is -3.72. The lowest BCUT2D eigenvalue weighted by Gasteiger charge is -2.09. The minimum atomic E-state index is -4.04. The number of aryl methyl sites for hydroxylation is 1. The number of ether oxygens (including phenoxy) is 1. The molecule has 3 aromatic rings. The van der Waals surface area contributed by atoms with Gasteiger partial charge in [0.2, 0.25) is 5.91 Å². The van der Waals surface area contributed by atoms with E-state index in [2.05, 4.69) is 15.5 Å². The van der Waals surface area contributed by atoms with Gasteiger partial charge < -0.3 is 8.92 Å². The van der Waals surface area contributed by atoms with Crippen LogP contribution in [0.4, 0.5) is 0 Å². The van der Waals surface area contributed by atoms with Crippen LogP contribution in [0.25, 0.3) is 0 Å². The van der Waals surface area contributed by atoms with Crippen molar-refractivity contribution < 1.29 is 22.1 Å². The van der Waals surface area contributed by atoms with E-state index in [9.17, 15) is 13.2 Å². The second-order valence-electron chi connectivity index (χ2n) is 6.56. The number of benzene rings is 2. The fraction of sp³-hybridized carbons (Fsp3) is 0.136. The summed E-state index contributed by atoms with van der Waals surface area (Å²) in [5.41, 5.74) is 4.23. The summed E-state index contributed by atoms with van der Waals surface area (Å²) < 4.78 is 35.4. The van der Waals surface area contributed by atoms with Gasteiger partial charge in [-0.15, -0.1) is 0 Å². The third-order valence-corrected chi connectivity index (χ3v) is 5.43. The Morgan fingerprint density at radius 3 is 2.65 bits per heavy atom. The first-order valence-electron chi connectivity index (χ1n) is 9.28. The first-order valence-corrected chi connectivity index (χ1v) is 10.7. The second-order valence-corrected chi connectivity index (χ2v) is 8.11. The number of aromatic nitrogens is 1. The number of carbonyl (C=O) groups excluding carboxylic acids is 1. The van der Waals surface area contributed by atoms with Crippen LogP contribution in [-0.2, 0) is 21.3 Å². The molecule has 0 fully saturated rings. The number of hydrogen-bond acceptors (Lipinski definition) is 7. The van der Waals surface area contributed by atoms with E-state index in [1.54, 1.807) is 49.6 Å². The molecule has 1 aromatic heterocycles. The second kappa shape index (κ2) is 9.86. The summed E-state index contributed by atoms with van der Waals surface area (Å²) in [5, 5.41) is 3.86. The van der Waals surface area contributed by atoms with E-state index in [1.165, 1.54) is 30.6 Å². The van der Waals surface area contributed by atoms with Gasteiger partial charge in [-0.3, -0.25) is 9.78 Å². The van der Waals surface area contributed by atoms with Crippen molar-refractivity contribution in [3.05, 3.63) is 83.7 Å². The quantitative estimate of drug-likeness (QED) is 0.329. The first-order chi connectivity index (χ1) is 14.9. The molecule has 8 nitrogen and oxygen atoms in total. The number of hydrogen-bond donors (Lipinski definition) is 1. The standard InChI is InChI=1S/C22H21N3O5S/c1-16-8-10-19(11-9-16)31(27,28)30-21-7-4-12-23-20(21)15-24-25-22(26)14-17-5-3-6-18(13-17)29-2/h3-13,15H,14H2,1-2H3,(H,25,26)/b24-15-. The van der Waals surface area contributed by atoms with Gasteiger partial charge in [-0.2, -0.15) is 13.5 Å². The summed E-state index contributed by atoms with van der Waals surface area (Å²) in [6, 6.07) is 16.4. The SMILES string of the molecule is COc1cccc(CC(=O)N/N=C\c2ncccc2OS(=O)(=O)c2ccc(C)cc2)c1. The zero-order valence-corrected chi connectivity index (χ0v) is 17.8. The van der Waals surface area contributed by atoms with Crippen molar-refractivity contribution in [2.75, 3.05) is 7.11 Å².